The van der Waals surface area contributed by atoms with Gasteiger partial charge in [-0.2, -0.15) is 0 Å². The number of imidazole rings is 1. The molecule has 0 aliphatic heterocycles. The molecule has 0 fully saturated rings. The number of hydrogen-bond donors (Lipinski definition) is 1. The van der Waals surface area contributed by atoms with Gasteiger partial charge in [0.15, 0.2) is 11.6 Å². The zero-order valence-corrected chi connectivity index (χ0v) is 11.4. The van der Waals surface area contributed by atoms with Gasteiger partial charge in [0.1, 0.15) is 0 Å². The lowest BCUT2D eigenvalue weighted by Gasteiger charge is -2.17. The van der Waals surface area contributed by atoms with Crippen molar-refractivity contribution < 1.29 is 8.78 Å². The van der Waals surface area contributed by atoms with Gasteiger partial charge in [-0.3, -0.25) is 9.13 Å². The van der Waals surface area contributed by atoms with Gasteiger partial charge in [-0.15, -0.1) is 0 Å². The lowest BCUT2D eigenvalue weighted by Crippen LogP contribution is -2.30. The van der Waals surface area contributed by atoms with Crippen molar-refractivity contribution in [3.63, 3.8) is 0 Å². The van der Waals surface area contributed by atoms with Gasteiger partial charge >= 0.3 is 5.69 Å². The standard InChI is InChI=1S/C14H17F2N3O/c1-3-18-7-8-19(14(18)20)9-12(17-2)10-5-4-6-11(15)13(10)16/h4-8,12,17H,3,9H2,1-2H3. The molecule has 0 saturated carbocycles. The van der Waals surface area contributed by atoms with Crippen molar-refractivity contribution >= 4 is 0 Å². The SMILES string of the molecule is CCn1ccn(CC(NC)c2cccc(F)c2F)c1=O. The second-order valence-electron chi connectivity index (χ2n) is 4.50. The second kappa shape index (κ2) is 6.00. The molecule has 108 valence electrons. The minimum atomic E-state index is -0.888. The number of nitrogens with zero attached hydrogens (tertiary/aromatic N) is 2. The molecule has 0 aliphatic carbocycles. The fourth-order valence-corrected chi connectivity index (χ4v) is 2.16. The van der Waals surface area contributed by atoms with Crippen molar-refractivity contribution in [1.29, 1.82) is 0 Å². The Morgan fingerprint density at radius 2 is 1.95 bits per heavy atom. The van der Waals surface area contributed by atoms with Gasteiger partial charge in [0.25, 0.3) is 0 Å². The van der Waals surface area contributed by atoms with E-state index in [1.165, 1.54) is 16.7 Å². The Bertz CT molecular complexity index is 648. The molecular formula is C14H17F2N3O. The molecule has 1 N–H and O–H groups in total. The summed E-state index contributed by atoms with van der Waals surface area (Å²) in [6.07, 6.45) is 3.32. The Labute approximate surface area is 115 Å². The summed E-state index contributed by atoms with van der Waals surface area (Å²) in [4.78, 5) is 12.0. The number of halogens is 2. The van der Waals surface area contributed by atoms with Crippen LogP contribution in [0.2, 0.25) is 0 Å². The van der Waals surface area contributed by atoms with Gasteiger partial charge in [0, 0.05) is 31.0 Å². The van der Waals surface area contributed by atoms with Crippen molar-refractivity contribution in [2.75, 3.05) is 7.05 Å². The highest BCUT2D eigenvalue weighted by atomic mass is 19.2. The second-order valence-corrected chi connectivity index (χ2v) is 4.50. The van der Waals surface area contributed by atoms with Crippen LogP contribution in [0, 0.1) is 11.6 Å². The third kappa shape index (κ3) is 2.65. The quantitative estimate of drug-likeness (QED) is 0.909. The van der Waals surface area contributed by atoms with Crippen molar-refractivity contribution in [3.05, 3.63) is 58.3 Å². The van der Waals surface area contributed by atoms with E-state index < -0.39 is 17.7 Å². The molecule has 1 aromatic carbocycles. The van der Waals surface area contributed by atoms with E-state index in [1.54, 1.807) is 24.0 Å². The molecule has 1 heterocycles. The summed E-state index contributed by atoms with van der Waals surface area (Å²) in [5.41, 5.74) is 0.0493. The largest absolute Gasteiger partial charge is 0.328 e. The summed E-state index contributed by atoms with van der Waals surface area (Å²) >= 11 is 0. The number of rotatable bonds is 5. The van der Waals surface area contributed by atoms with E-state index in [1.807, 2.05) is 6.92 Å². The van der Waals surface area contributed by atoms with Gasteiger partial charge in [-0.1, -0.05) is 12.1 Å². The first-order valence-corrected chi connectivity index (χ1v) is 6.45. The average Bonchev–Trinajstić information content (AvgIpc) is 2.80. The number of aromatic nitrogens is 2. The Hall–Kier alpha value is -1.95. The van der Waals surface area contributed by atoms with Crippen LogP contribution in [-0.4, -0.2) is 16.2 Å². The number of benzene rings is 1. The van der Waals surface area contributed by atoms with Crippen LogP contribution in [0.25, 0.3) is 0 Å². The molecule has 1 atom stereocenters. The summed E-state index contributed by atoms with van der Waals surface area (Å²) in [7, 11) is 1.65. The van der Waals surface area contributed by atoms with E-state index in [2.05, 4.69) is 5.32 Å². The zero-order chi connectivity index (χ0) is 14.7. The molecule has 1 aromatic heterocycles. The highest BCUT2D eigenvalue weighted by molar-refractivity contribution is 5.22. The summed E-state index contributed by atoms with van der Waals surface area (Å²) in [5, 5.41) is 2.91. The summed E-state index contributed by atoms with van der Waals surface area (Å²) in [6.45, 7) is 2.68. The zero-order valence-electron chi connectivity index (χ0n) is 11.4. The Morgan fingerprint density at radius 1 is 1.25 bits per heavy atom. The smallest absolute Gasteiger partial charge is 0.311 e. The maximum Gasteiger partial charge on any atom is 0.328 e. The molecule has 0 saturated heterocycles. The Balaban J connectivity index is 2.31. The monoisotopic (exact) mass is 281 g/mol. The molecule has 20 heavy (non-hydrogen) atoms. The van der Waals surface area contributed by atoms with Gasteiger partial charge in [0.2, 0.25) is 0 Å². The first-order chi connectivity index (χ1) is 9.58. The highest BCUT2D eigenvalue weighted by Crippen LogP contribution is 2.20. The average molecular weight is 281 g/mol. The van der Waals surface area contributed by atoms with Crippen molar-refractivity contribution in [3.8, 4) is 0 Å². The first kappa shape index (κ1) is 14.5. The van der Waals surface area contributed by atoms with E-state index in [0.29, 0.717) is 6.54 Å². The maximum absolute atomic E-state index is 13.8. The lowest BCUT2D eigenvalue weighted by atomic mass is 10.1. The van der Waals surface area contributed by atoms with E-state index >= 15 is 0 Å². The van der Waals surface area contributed by atoms with E-state index in [4.69, 9.17) is 0 Å². The van der Waals surface area contributed by atoms with Crippen LogP contribution in [-0.2, 0) is 13.1 Å². The predicted octanol–water partition coefficient (Wildman–Crippen LogP) is 1.91. The van der Waals surface area contributed by atoms with E-state index in [9.17, 15) is 13.6 Å². The van der Waals surface area contributed by atoms with Crippen LogP contribution in [0.4, 0.5) is 8.78 Å². The van der Waals surface area contributed by atoms with E-state index in [-0.39, 0.29) is 17.8 Å². The number of nitrogens with one attached hydrogen (secondary N) is 1. The van der Waals surface area contributed by atoms with Gasteiger partial charge in [0.05, 0.1) is 6.04 Å². The van der Waals surface area contributed by atoms with Gasteiger partial charge in [-0.05, 0) is 20.0 Å². The van der Waals surface area contributed by atoms with Gasteiger partial charge < -0.3 is 5.32 Å². The normalized spacial score (nSPS) is 12.6. The number of hydrogen-bond acceptors (Lipinski definition) is 2. The summed E-state index contributed by atoms with van der Waals surface area (Å²) in [5.74, 6) is -1.77. The topological polar surface area (TPSA) is 39.0 Å². The fraction of sp³-hybridized carbons (Fsp3) is 0.357. The molecule has 1 unspecified atom stereocenters. The van der Waals surface area contributed by atoms with Crippen molar-refractivity contribution in [2.24, 2.45) is 0 Å². The lowest BCUT2D eigenvalue weighted by molar-refractivity contribution is 0.440. The van der Waals surface area contributed by atoms with Crippen molar-refractivity contribution in [1.82, 2.24) is 14.5 Å². The molecule has 4 nitrogen and oxygen atoms in total. The Kier molecular flexibility index (Phi) is 4.34. The molecule has 2 rings (SSSR count). The molecule has 0 spiro atoms. The third-order valence-corrected chi connectivity index (χ3v) is 3.34. The van der Waals surface area contributed by atoms with Gasteiger partial charge in [-0.25, -0.2) is 13.6 Å². The van der Waals surface area contributed by atoms with E-state index in [0.717, 1.165) is 6.07 Å². The maximum atomic E-state index is 13.8. The number of likely N-dealkylation sites (N-methyl/N-ethyl adjacent to an activating group) is 1. The van der Waals surface area contributed by atoms with Crippen LogP contribution in [0.1, 0.15) is 18.5 Å². The molecule has 0 amide bonds. The molecule has 0 radical (unpaired) electrons. The first-order valence-electron chi connectivity index (χ1n) is 6.45. The number of aryl methyl sites for hydroxylation is 1. The minimum absolute atomic E-state index is 0.162. The summed E-state index contributed by atoms with van der Waals surface area (Å²) in [6, 6.07) is 3.57. The molecular weight excluding hydrogens is 264 g/mol. The van der Waals surface area contributed by atoms with Crippen LogP contribution in [0.15, 0.2) is 35.4 Å². The Morgan fingerprint density at radius 3 is 2.55 bits per heavy atom. The minimum Gasteiger partial charge on any atom is -0.311 e. The van der Waals surface area contributed by atoms with Crippen LogP contribution in [0.5, 0.6) is 0 Å². The summed E-state index contributed by atoms with van der Waals surface area (Å²) < 4.78 is 30.1. The molecule has 2 aromatic rings. The van der Waals surface area contributed by atoms with Crippen LogP contribution >= 0.6 is 0 Å². The van der Waals surface area contributed by atoms with Crippen LogP contribution < -0.4 is 11.0 Å². The molecule has 6 heteroatoms. The fourth-order valence-electron chi connectivity index (χ4n) is 2.16. The van der Waals surface area contributed by atoms with Crippen molar-refractivity contribution in [2.45, 2.75) is 26.1 Å². The molecule has 0 aliphatic rings. The highest BCUT2D eigenvalue weighted by Gasteiger charge is 2.18. The van der Waals surface area contributed by atoms with Crippen LogP contribution in [0.3, 0.4) is 0 Å². The predicted molar refractivity (Wildman–Crippen MR) is 72.5 cm³/mol. The molecule has 0 bridgehead atoms. The third-order valence-electron chi connectivity index (χ3n) is 3.34.